The van der Waals surface area contributed by atoms with Gasteiger partial charge in [0, 0.05) is 37.9 Å². The van der Waals surface area contributed by atoms with E-state index in [1.165, 1.54) is 5.56 Å². The number of benzene rings is 1. The summed E-state index contributed by atoms with van der Waals surface area (Å²) in [5.74, 6) is 1.08. The van der Waals surface area contributed by atoms with Crippen molar-refractivity contribution in [3.8, 4) is 5.75 Å². The number of nitrogens with one attached hydrogen (secondary N) is 1. The molecule has 25 heavy (non-hydrogen) atoms. The fraction of sp³-hybridized carbons (Fsp3) is 0.400. The Morgan fingerprint density at radius 3 is 2.96 bits per heavy atom. The van der Waals surface area contributed by atoms with Gasteiger partial charge >= 0.3 is 0 Å². The summed E-state index contributed by atoms with van der Waals surface area (Å²) >= 11 is 0. The molecule has 1 atom stereocenters. The van der Waals surface area contributed by atoms with Crippen LogP contribution >= 0.6 is 0 Å². The van der Waals surface area contributed by atoms with Crippen molar-refractivity contribution in [3.63, 3.8) is 0 Å². The van der Waals surface area contributed by atoms with Crippen LogP contribution in [0.5, 0.6) is 5.75 Å². The van der Waals surface area contributed by atoms with Gasteiger partial charge in [-0.2, -0.15) is 0 Å². The minimum absolute atomic E-state index is 0.250. The zero-order chi connectivity index (χ0) is 17.5. The van der Waals surface area contributed by atoms with Crippen molar-refractivity contribution < 1.29 is 9.53 Å². The van der Waals surface area contributed by atoms with Crippen molar-refractivity contribution in [2.45, 2.75) is 38.4 Å². The number of ether oxygens (including phenoxy) is 1. The van der Waals surface area contributed by atoms with Crippen molar-refractivity contribution >= 4 is 5.91 Å². The molecule has 132 valence electrons. The van der Waals surface area contributed by atoms with Crippen LogP contribution < -0.4 is 10.1 Å². The lowest BCUT2D eigenvalue weighted by Gasteiger charge is -2.25. The van der Waals surface area contributed by atoms with Crippen LogP contribution in [0.1, 0.15) is 30.4 Å². The fourth-order valence-electron chi connectivity index (χ4n) is 3.28. The van der Waals surface area contributed by atoms with Crippen molar-refractivity contribution in [3.05, 3.63) is 59.9 Å². The maximum atomic E-state index is 12.3. The maximum Gasteiger partial charge on any atom is 0.223 e. The quantitative estimate of drug-likeness (QED) is 0.752. The molecular weight excluding hydrogens is 314 g/mol. The summed E-state index contributed by atoms with van der Waals surface area (Å²) in [7, 11) is 1.66. The van der Waals surface area contributed by atoms with Crippen molar-refractivity contribution in [2.75, 3.05) is 13.7 Å². The van der Waals surface area contributed by atoms with Crippen molar-refractivity contribution in [2.24, 2.45) is 0 Å². The molecule has 5 heteroatoms. The number of amides is 1. The number of hydrogen-bond acceptors (Lipinski definition) is 4. The Kier molecular flexibility index (Phi) is 6.01. The largest absolute Gasteiger partial charge is 0.497 e. The molecule has 1 saturated heterocycles. The summed E-state index contributed by atoms with van der Waals surface area (Å²) in [6, 6.07) is 12.3. The summed E-state index contributed by atoms with van der Waals surface area (Å²) in [5.41, 5.74) is 2.29. The molecule has 1 aliphatic heterocycles. The Labute approximate surface area is 149 Å². The summed E-state index contributed by atoms with van der Waals surface area (Å²) in [6.07, 6.45) is 6.22. The number of pyridine rings is 1. The van der Waals surface area contributed by atoms with Crippen LogP contribution in [0, 0.1) is 0 Å². The molecule has 2 heterocycles. The third-order valence-electron chi connectivity index (χ3n) is 4.65. The smallest absolute Gasteiger partial charge is 0.223 e. The number of carbonyl (C=O) groups excluding carboxylic acids is 1. The van der Waals surface area contributed by atoms with Gasteiger partial charge in [-0.15, -0.1) is 0 Å². The Balaban J connectivity index is 1.51. The number of rotatable bonds is 8. The monoisotopic (exact) mass is 339 g/mol. The number of methoxy groups -OCH3 is 1. The van der Waals surface area contributed by atoms with Gasteiger partial charge < -0.3 is 15.0 Å². The third kappa shape index (κ3) is 4.79. The van der Waals surface area contributed by atoms with Crippen LogP contribution in [0.15, 0.2) is 48.8 Å². The summed E-state index contributed by atoms with van der Waals surface area (Å²) in [4.78, 5) is 18.4. The number of carbonyl (C=O) groups is 1. The topological polar surface area (TPSA) is 54.5 Å². The average molecular weight is 339 g/mol. The molecule has 0 aliphatic carbocycles. The average Bonchev–Trinajstić information content (AvgIpc) is 3.00. The molecule has 1 aromatic heterocycles. The molecule has 0 bridgehead atoms. The second kappa shape index (κ2) is 8.62. The molecular formula is C20H25N3O2. The molecule has 1 amide bonds. The molecule has 2 aromatic rings. The number of aromatic nitrogens is 1. The van der Waals surface area contributed by atoms with E-state index in [2.05, 4.69) is 16.4 Å². The highest BCUT2D eigenvalue weighted by Crippen LogP contribution is 2.24. The van der Waals surface area contributed by atoms with E-state index < -0.39 is 0 Å². The number of hydrogen-bond donors (Lipinski definition) is 1. The second-order valence-electron chi connectivity index (χ2n) is 6.39. The minimum Gasteiger partial charge on any atom is -0.497 e. The van der Waals surface area contributed by atoms with Crippen molar-refractivity contribution in [1.82, 2.24) is 15.2 Å². The Morgan fingerprint density at radius 1 is 1.28 bits per heavy atom. The van der Waals surface area contributed by atoms with Gasteiger partial charge in [0.25, 0.3) is 0 Å². The van der Waals surface area contributed by atoms with Crippen LogP contribution in [-0.2, 0) is 17.9 Å². The van der Waals surface area contributed by atoms with Crippen LogP contribution in [0.25, 0.3) is 0 Å². The highest BCUT2D eigenvalue weighted by Gasteiger charge is 2.30. The van der Waals surface area contributed by atoms with Gasteiger partial charge in [0.1, 0.15) is 5.75 Å². The Bertz CT molecular complexity index is 690. The summed E-state index contributed by atoms with van der Waals surface area (Å²) in [5, 5.41) is 3.45. The third-order valence-corrected chi connectivity index (χ3v) is 4.65. The van der Waals surface area contributed by atoms with Crippen LogP contribution in [0.3, 0.4) is 0 Å². The van der Waals surface area contributed by atoms with E-state index in [-0.39, 0.29) is 5.91 Å². The van der Waals surface area contributed by atoms with E-state index in [9.17, 15) is 4.79 Å². The van der Waals surface area contributed by atoms with Gasteiger partial charge in [0.2, 0.25) is 5.91 Å². The Hall–Kier alpha value is -2.40. The molecule has 1 fully saturated rings. The molecule has 0 unspecified atom stereocenters. The fourth-order valence-corrected chi connectivity index (χ4v) is 3.28. The van der Waals surface area contributed by atoms with E-state index in [0.29, 0.717) is 19.0 Å². The maximum absolute atomic E-state index is 12.3. The molecule has 1 N–H and O–H groups in total. The van der Waals surface area contributed by atoms with E-state index >= 15 is 0 Å². The van der Waals surface area contributed by atoms with E-state index in [4.69, 9.17) is 4.74 Å². The summed E-state index contributed by atoms with van der Waals surface area (Å²) < 4.78 is 5.28. The highest BCUT2D eigenvalue weighted by molar-refractivity contribution is 5.78. The SMILES string of the molecule is COc1cccc(CN2C(=O)CC[C@@H]2CCNCc2cccnc2)c1. The first kappa shape index (κ1) is 17.4. The van der Waals surface area contributed by atoms with Gasteiger partial charge in [0.05, 0.1) is 7.11 Å². The number of likely N-dealkylation sites (tertiary alicyclic amines) is 1. The van der Waals surface area contributed by atoms with Gasteiger partial charge in [-0.05, 0) is 48.7 Å². The zero-order valence-corrected chi connectivity index (χ0v) is 14.6. The second-order valence-corrected chi connectivity index (χ2v) is 6.39. The van der Waals surface area contributed by atoms with Crippen LogP contribution in [0.2, 0.25) is 0 Å². The lowest BCUT2D eigenvalue weighted by molar-refractivity contribution is -0.129. The van der Waals surface area contributed by atoms with Gasteiger partial charge in [-0.1, -0.05) is 18.2 Å². The molecule has 3 rings (SSSR count). The summed E-state index contributed by atoms with van der Waals surface area (Å²) in [6.45, 7) is 2.36. The lowest BCUT2D eigenvalue weighted by atomic mass is 10.1. The first-order valence-electron chi connectivity index (χ1n) is 8.78. The van der Waals surface area contributed by atoms with Crippen LogP contribution in [-0.4, -0.2) is 35.5 Å². The first-order chi connectivity index (χ1) is 12.3. The molecule has 0 saturated carbocycles. The van der Waals surface area contributed by atoms with E-state index in [0.717, 1.165) is 37.2 Å². The molecule has 0 radical (unpaired) electrons. The molecule has 5 nitrogen and oxygen atoms in total. The number of nitrogens with zero attached hydrogens (tertiary/aromatic N) is 2. The normalized spacial score (nSPS) is 17.1. The van der Waals surface area contributed by atoms with E-state index in [1.807, 2.05) is 41.4 Å². The van der Waals surface area contributed by atoms with Gasteiger partial charge in [0.15, 0.2) is 0 Å². The first-order valence-corrected chi connectivity index (χ1v) is 8.78. The molecule has 0 spiro atoms. The van der Waals surface area contributed by atoms with Gasteiger partial charge in [-0.3, -0.25) is 9.78 Å². The minimum atomic E-state index is 0.250. The predicted octanol–water partition coefficient (Wildman–Crippen LogP) is 2.76. The predicted molar refractivity (Wildman–Crippen MR) is 97.1 cm³/mol. The zero-order valence-electron chi connectivity index (χ0n) is 14.6. The van der Waals surface area contributed by atoms with Gasteiger partial charge in [-0.25, -0.2) is 0 Å². The Morgan fingerprint density at radius 2 is 2.16 bits per heavy atom. The molecule has 1 aliphatic rings. The van der Waals surface area contributed by atoms with Crippen LogP contribution in [0.4, 0.5) is 0 Å². The van der Waals surface area contributed by atoms with E-state index in [1.54, 1.807) is 13.3 Å². The standard InChI is InChI=1S/C20H25N3O2/c1-25-19-6-2-4-16(12-19)15-23-18(7-8-20(23)24)9-11-22-14-17-5-3-10-21-13-17/h2-6,10,12-13,18,22H,7-9,11,14-15H2,1H3/t18-/m1/s1. The molecule has 1 aromatic carbocycles. The highest BCUT2D eigenvalue weighted by atomic mass is 16.5. The van der Waals surface area contributed by atoms with Crippen molar-refractivity contribution in [1.29, 1.82) is 0 Å². The lowest BCUT2D eigenvalue weighted by Crippen LogP contribution is -2.34.